The van der Waals surface area contributed by atoms with E-state index in [1.807, 2.05) is 17.2 Å². The molecule has 2 fully saturated rings. The van der Waals surface area contributed by atoms with E-state index >= 15 is 0 Å². The molecule has 2 aromatic rings. The Hall–Kier alpha value is -2.15. The van der Waals surface area contributed by atoms with E-state index in [1.165, 1.54) is 0 Å². The van der Waals surface area contributed by atoms with Gasteiger partial charge in [-0.1, -0.05) is 0 Å². The second kappa shape index (κ2) is 4.67. The van der Waals surface area contributed by atoms with Crippen LogP contribution < -0.4 is 10.6 Å². The van der Waals surface area contributed by atoms with Crippen molar-refractivity contribution in [1.29, 1.82) is 0 Å². The molecular weight excluding hydrogens is 280 g/mol. The van der Waals surface area contributed by atoms with Gasteiger partial charge in [-0.2, -0.15) is 0 Å². The molecule has 2 aliphatic rings. The van der Waals surface area contributed by atoms with Gasteiger partial charge in [0, 0.05) is 31.7 Å². The summed E-state index contributed by atoms with van der Waals surface area (Å²) in [6.07, 6.45) is 5.79. The molecule has 2 aromatic heterocycles. The summed E-state index contributed by atoms with van der Waals surface area (Å²) in [6.45, 7) is 1.63. The van der Waals surface area contributed by atoms with Crippen LogP contribution in [0.1, 0.15) is 12.8 Å². The third-order valence-electron chi connectivity index (χ3n) is 5.16. The summed E-state index contributed by atoms with van der Waals surface area (Å²) in [4.78, 5) is 27.9. The highest BCUT2D eigenvalue weighted by Crippen LogP contribution is 2.54. The number of amides is 1. The first kappa shape index (κ1) is 13.5. The Morgan fingerprint density at radius 1 is 1.55 bits per heavy atom. The van der Waals surface area contributed by atoms with Crippen LogP contribution in [0.4, 0.5) is 5.82 Å². The van der Waals surface area contributed by atoms with Crippen molar-refractivity contribution < 1.29 is 4.79 Å². The zero-order chi connectivity index (χ0) is 15.3. The Morgan fingerprint density at radius 2 is 2.36 bits per heavy atom. The molecule has 3 N–H and O–H groups in total. The van der Waals surface area contributed by atoms with Gasteiger partial charge in [0.05, 0.1) is 18.0 Å². The monoisotopic (exact) mass is 300 g/mol. The number of aromatic nitrogens is 3. The van der Waals surface area contributed by atoms with Crippen molar-refractivity contribution in [2.45, 2.75) is 18.9 Å². The van der Waals surface area contributed by atoms with Crippen molar-refractivity contribution in [2.75, 3.05) is 31.6 Å². The van der Waals surface area contributed by atoms with Gasteiger partial charge >= 0.3 is 0 Å². The number of H-pyrrole nitrogens is 1. The second-order valence-corrected chi connectivity index (χ2v) is 6.40. The summed E-state index contributed by atoms with van der Waals surface area (Å²) in [5, 5.41) is 1.02. The minimum atomic E-state index is 0.0386. The van der Waals surface area contributed by atoms with Crippen molar-refractivity contribution in [3.63, 3.8) is 0 Å². The molecule has 22 heavy (non-hydrogen) atoms. The molecule has 0 aromatic carbocycles. The van der Waals surface area contributed by atoms with E-state index in [1.54, 1.807) is 6.33 Å². The first-order valence-electron chi connectivity index (χ1n) is 7.63. The molecule has 1 unspecified atom stereocenters. The van der Waals surface area contributed by atoms with Crippen molar-refractivity contribution in [3.8, 4) is 0 Å². The number of aromatic amines is 1. The maximum absolute atomic E-state index is 12.0. The highest BCUT2D eigenvalue weighted by molar-refractivity contribution is 5.87. The van der Waals surface area contributed by atoms with Crippen LogP contribution in [0.5, 0.6) is 0 Å². The number of hydrogen-bond donors (Lipinski definition) is 2. The number of carbonyl (C=O) groups excluding carboxylic acids is 1. The minimum Gasteiger partial charge on any atom is -0.354 e. The van der Waals surface area contributed by atoms with Crippen LogP contribution in [0.15, 0.2) is 18.6 Å². The molecule has 7 nitrogen and oxygen atoms in total. The Bertz CT molecular complexity index is 722. The van der Waals surface area contributed by atoms with Gasteiger partial charge in [0.1, 0.15) is 17.8 Å². The maximum atomic E-state index is 12.0. The molecule has 4 rings (SSSR count). The van der Waals surface area contributed by atoms with Crippen LogP contribution in [-0.2, 0) is 4.79 Å². The fraction of sp³-hybridized carbons (Fsp3) is 0.533. The molecule has 7 heteroatoms. The molecule has 116 valence electrons. The van der Waals surface area contributed by atoms with E-state index in [2.05, 4.69) is 26.9 Å². The number of anilines is 1. The van der Waals surface area contributed by atoms with E-state index in [4.69, 9.17) is 5.73 Å². The summed E-state index contributed by atoms with van der Waals surface area (Å²) in [7, 11) is 2.07. The zero-order valence-electron chi connectivity index (χ0n) is 12.6. The highest BCUT2D eigenvalue weighted by atomic mass is 16.2. The third kappa shape index (κ3) is 1.89. The number of likely N-dealkylation sites (N-methyl/N-ethyl adjacent to an activating group) is 1. The van der Waals surface area contributed by atoms with E-state index in [0.29, 0.717) is 0 Å². The van der Waals surface area contributed by atoms with E-state index in [9.17, 15) is 4.79 Å². The smallest absolute Gasteiger partial charge is 0.236 e. The summed E-state index contributed by atoms with van der Waals surface area (Å²) in [6, 6.07) is 2.29. The molecule has 1 aliphatic heterocycles. The first-order chi connectivity index (χ1) is 10.6. The number of nitrogens with two attached hydrogens (primary N) is 1. The molecule has 1 amide bonds. The standard InChI is InChI=1S/C15H20N6O/c1-20(14-10-2-5-17-13(10)18-9-19-14)11-7-21(12(22)6-16)8-15(11)3-4-15/h2,5,9,11H,3-4,6-8,16H2,1H3,(H,17,18,19). The molecule has 1 saturated carbocycles. The lowest BCUT2D eigenvalue weighted by Crippen LogP contribution is -2.41. The predicted octanol–water partition coefficient (Wildman–Crippen LogP) is 0.344. The summed E-state index contributed by atoms with van der Waals surface area (Å²) < 4.78 is 0. The van der Waals surface area contributed by atoms with Crippen molar-refractivity contribution >= 4 is 22.8 Å². The van der Waals surface area contributed by atoms with Gasteiger partial charge in [0.15, 0.2) is 0 Å². The lowest BCUT2D eigenvalue weighted by Gasteiger charge is -2.30. The van der Waals surface area contributed by atoms with Gasteiger partial charge in [-0.05, 0) is 18.9 Å². The number of likely N-dealkylation sites (tertiary alicyclic amines) is 1. The fourth-order valence-electron chi connectivity index (χ4n) is 3.74. The quantitative estimate of drug-likeness (QED) is 0.853. The Morgan fingerprint density at radius 3 is 3.09 bits per heavy atom. The van der Waals surface area contributed by atoms with E-state index in [-0.39, 0.29) is 23.9 Å². The number of hydrogen-bond acceptors (Lipinski definition) is 5. The van der Waals surface area contributed by atoms with Crippen LogP contribution in [-0.4, -0.2) is 58.5 Å². The van der Waals surface area contributed by atoms with Gasteiger partial charge in [-0.15, -0.1) is 0 Å². The Kier molecular flexibility index (Phi) is 2.87. The molecule has 1 spiro atoms. The maximum Gasteiger partial charge on any atom is 0.236 e. The van der Waals surface area contributed by atoms with Crippen LogP contribution in [0, 0.1) is 5.41 Å². The minimum absolute atomic E-state index is 0.0386. The lowest BCUT2D eigenvalue weighted by atomic mass is 9.99. The molecule has 1 aliphatic carbocycles. The fourth-order valence-corrected chi connectivity index (χ4v) is 3.74. The van der Waals surface area contributed by atoms with Crippen LogP contribution in [0.3, 0.4) is 0 Å². The van der Waals surface area contributed by atoms with Crippen molar-refractivity contribution in [3.05, 3.63) is 18.6 Å². The summed E-state index contributed by atoms with van der Waals surface area (Å²) >= 11 is 0. The van der Waals surface area contributed by atoms with Gasteiger partial charge in [0.2, 0.25) is 5.91 Å². The van der Waals surface area contributed by atoms with Gasteiger partial charge in [0.25, 0.3) is 0 Å². The van der Waals surface area contributed by atoms with E-state index in [0.717, 1.165) is 42.8 Å². The highest BCUT2D eigenvalue weighted by Gasteiger charge is 2.57. The number of carbonyl (C=O) groups is 1. The Labute approximate surface area is 128 Å². The van der Waals surface area contributed by atoms with Gasteiger partial charge in [-0.25, -0.2) is 9.97 Å². The summed E-state index contributed by atoms with van der Waals surface area (Å²) in [5.74, 6) is 0.959. The van der Waals surface area contributed by atoms with E-state index < -0.39 is 0 Å². The third-order valence-corrected chi connectivity index (χ3v) is 5.16. The number of nitrogens with zero attached hydrogens (tertiary/aromatic N) is 4. The van der Waals surface area contributed by atoms with Crippen LogP contribution in [0.25, 0.3) is 11.0 Å². The van der Waals surface area contributed by atoms with Crippen molar-refractivity contribution in [2.24, 2.45) is 11.1 Å². The average molecular weight is 300 g/mol. The van der Waals surface area contributed by atoms with Crippen molar-refractivity contribution in [1.82, 2.24) is 19.9 Å². The number of rotatable bonds is 3. The number of fused-ring (bicyclic) bond motifs is 1. The average Bonchev–Trinajstić information content (AvgIpc) is 2.99. The zero-order valence-corrected chi connectivity index (χ0v) is 12.6. The predicted molar refractivity (Wildman–Crippen MR) is 83.4 cm³/mol. The van der Waals surface area contributed by atoms with Gasteiger partial charge < -0.3 is 20.5 Å². The van der Waals surface area contributed by atoms with Crippen LogP contribution >= 0.6 is 0 Å². The molecule has 3 heterocycles. The molecule has 1 atom stereocenters. The largest absolute Gasteiger partial charge is 0.354 e. The van der Waals surface area contributed by atoms with Gasteiger partial charge in [-0.3, -0.25) is 4.79 Å². The molecule has 1 saturated heterocycles. The normalized spacial score (nSPS) is 22.5. The topological polar surface area (TPSA) is 91.1 Å². The molecule has 0 radical (unpaired) electrons. The lowest BCUT2D eigenvalue weighted by molar-refractivity contribution is -0.128. The molecule has 0 bridgehead atoms. The first-order valence-corrected chi connectivity index (χ1v) is 7.63. The SMILES string of the molecule is CN(c1ncnc2[nH]ccc12)C1CN(C(=O)CN)CC12CC2. The Balaban J connectivity index is 1.66. The van der Waals surface area contributed by atoms with Crippen LogP contribution in [0.2, 0.25) is 0 Å². The molecular formula is C15H20N6O. The summed E-state index contributed by atoms with van der Waals surface area (Å²) in [5.41, 5.74) is 6.58. The second-order valence-electron chi connectivity index (χ2n) is 6.40. The number of nitrogens with one attached hydrogen (secondary N) is 1.